The Kier molecular flexibility index (Phi) is 3.34. The van der Waals surface area contributed by atoms with E-state index in [9.17, 15) is 4.79 Å². The molecule has 1 aliphatic heterocycles. The van der Waals surface area contributed by atoms with E-state index in [0.717, 1.165) is 12.8 Å². The molecule has 0 radical (unpaired) electrons. The fourth-order valence-corrected chi connectivity index (χ4v) is 2.17. The topological polar surface area (TPSA) is 29.1 Å². The second-order valence-corrected chi connectivity index (χ2v) is 4.61. The van der Waals surface area contributed by atoms with Crippen LogP contribution in [-0.2, 0) is 4.79 Å². The monoisotopic (exact) mass is 183 g/mol. The number of hydrogen-bond donors (Lipinski definition) is 1. The smallest absolute Gasteiger partial charge is 0.223 e. The average molecular weight is 183 g/mol. The van der Waals surface area contributed by atoms with Gasteiger partial charge in [-0.1, -0.05) is 33.1 Å². The van der Waals surface area contributed by atoms with E-state index >= 15 is 0 Å². The van der Waals surface area contributed by atoms with E-state index in [4.69, 9.17) is 0 Å². The molecule has 76 valence electrons. The first-order valence-electron chi connectivity index (χ1n) is 5.39. The van der Waals surface area contributed by atoms with Crippen molar-refractivity contribution >= 4 is 5.91 Å². The van der Waals surface area contributed by atoms with Crippen molar-refractivity contribution in [3.05, 3.63) is 0 Å². The lowest BCUT2D eigenvalue weighted by atomic mass is 9.90. The molecule has 13 heavy (non-hydrogen) atoms. The molecule has 2 nitrogen and oxygen atoms in total. The van der Waals surface area contributed by atoms with E-state index in [2.05, 4.69) is 19.2 Å². The average Bonchev–Trinajstić information content (AvgIpc) is 2.27. The Bertz CT molecular complexity index is 191. The molecule has 1 heterocycles. The molecule has 0 aromatic rings. The lowest BCUT2D eigenvalue weighted by Crippen LogP contribution is -2.38. The fraction of sp³-hybridized carbons (Fsp3) is 0.909. The molecular weight excluding hydrogens is 162 g/mol. The largest absolute Gasteiger partial charge is 0.351 e. The number of unbranched alkanes of at least 4 members (excludes halogenated alkanes) is 2. The Labute approximate surface area is 81.1 Å². The van der Waals surface area contributed by atoms with Gasteiger partial charge in [0.15, 0.2) is 0 Å². The first kappa shape index (κ1) is 10.6. The highest BCUT2D eigenvalue weighted by Crippen LogP contribution is 2.29. The highest BCUT2D eigenvalue weighted by Gasteiger charge is 2.37. The third kappa shape index (κ3) is 2.71. The molecule has 1 amide bonds. The van der Waals surface area contributed by atoms with Crippen LogP contribution in [0.3, 0.4) is 0 Å². The van der Waals surface area contributed by atoms with Gasteiger partial charge >= 0.3 is 0 Å². The van der Waals surface area contributed by atoms with Gasteiger partial charge in [-0.05, 0) is 19.8 Å². The molecule has 2 heteroatoms. The van der Waals surface area contributed by atoms with Crippen molar-refractivity contribution in [3.8, 4) is 0 Å². The molecule has 2 unspecified atom stereocenters. The van der Waals surface area contributed by atoms with E-state index in [0.29, 0.717) is 0 Å². The maximum Gasteiger partial charge on any atom is 0.223 e. The summed E-state index contributed by atoms with van der Waals surface area (Å²) in [6.45, 7) is 6.39. The standard InChI is InChI=1S/C11H21NO/c1-4-5-6-7-11(3)8-9(2)10(13)12-11/h9H,4-8H2,1-3H3,(H,12,13). The minimum Gasteiger partial charge on any atom is -0.351 e. The summed E-state index contributed by atoms with van der Waals surface area (Å²) in [5.41, 5.74) is 0.0890. The van der Waals surface area contributed by atoms with Gasteiger partial charge in [0.25, 0.3) is 0 Å². The predicted octanol–water partition coefficient (Wildman–Crippen LogP) is 2.48. The number of carbonyl (C=O) groups is 1. The Balaban J connectivity index is 2.36. The summed E-state index contributed by atoms with van der Waals surface area (Å²) in [5, 5.41) is 3.10. The molecule has 1 fully saturated rings. The summed E-state index contributed by atoms with van der Waals surface area (Å²) in [6.07, 6.45) is 5.91. The molecule has 0 bridgehead atoms. The number of hydrogen-bond acceptors (Lipinski definition) is 1. The number of rotatable bonds is 4. The number of nitrogens with one attached hydrogen (secondary N) is 1. The lowest BCUT2D eigenvalue weighted by molar-refractivity contribution is -0.122. The normalized spacial score (nSPS) is 33.5. The van der Waals surface area contributed by atoms with Crippen LogP contribution >= 0.6 is 0 Å². The number of carbonyl (C=O) groups excluding carboxylic acids is 1. The van der Waals surface area contributed by atoms with Crippen LogP contribution in [0.5, 0.6) is 0 Å². The van der Waals surface area contributed by atoms with Gasteiger partial charge in [0, 0.05) is 11.5 Å². The van der Waals surface area contributed by atoms with Gasteiger partial charge in [0.1, 0.15) is 0 Å². The van der Waals surface area contributed by atoms with Gasteiger partial charge in [-0.25, -0.2) is 0 Å². The maximum atomic E-state index is 11.3. The van der Waals surface area contributed by atoms with Gasteiger partial charge in [0.05, 0.1) is 0 Å². The minimum atomic E-state index is 0.0890. The highest BCUT2D eigenvalue weighted by molar-refractivity contribution is 5.81. The molecule has 0 aliphatic carbocycles. The predicted molar refractivity (Wildman–Crippen MR) is 54.5 cm³/mol. The van der Waals surface area contributed by atoms with Crippen molar-refractivity contribution in [2.75, 3.05) is 0 Å². The third-order valence-corrected chi connectivity index (χ3v) is 2.96. The SMILES string of the molecule is CCCCCC1(C)CC(C)C(=O)N1. The summed E-state index contributed by atoms with van der Waals surface area (Å²) < 4.78 is 0. The first-order chi connectivity index (χ1) is 6.07. The van der Waals surface area contributed by atoms with Crippen molar-refractivity contribution in [3.63, 3.8) is 0 Å². The van der Waals surface area contributed by atoms with Crippen LogP contribution in [0.25, 0.3) is 0 Å². The Morgan fingerprint density at radius 3 is 2.69 bits per heavy atom. The van der Waals surface area contributed by atoms with Crippen molar-refractivity contribution in [2.24, 2.45) is 5.92 Å². The molecule has 1 N–H and O–H groups in total. The zero-order valence-electron chi connectivity index (χ0n) is 9.02. The van der Waals surface area contributed by atoms with Gasteiger partial charge in [0.2, 0.25) is 5.91 Å². The zero-order chi connectivity index (χ0) is 9.90. The maximum absolute atomic E-state index is 11.3. The Hall–Kier alpha value is -0.530. The van der Waals surface area contributed by atoms with E-state index in [1.54, 1.807) is 0 Å². The van der Waals surface area contributed by atoms with E-state index in [1.807, 2.05) is 6.92 Å². The first-order valence-corrected chi connectivity index (χ1v) is 5.39. The van der Waals surface area contributed by atoms with Crippen molar-refractivity contribution in [2.45, 2.75) is 58.4 Å². The van der Waals surface area contributed by atoms with E-state index in [-0.39, 0.29) is 17.4 Å². The molecule has 0 aromatic carbocycles. The van der Waals surface area contributed by atoms with Crippen molar-refractivity contribution in [1.82, 2.24) is 5.32 Å². The summed E-state index contributed by atoms with van der Waals surface area (Å²) in [5.74, 6) is 0.450. The molecule has 0 aromatic heterocycles. The van der Waals surface area contributed by atoms with Crippen LogP contribution in [0.4, 0.5) is 0 Å². The van der Waals surface area contributed by atoms with Gasteiger partial charge < -0.3 is 5.32 Å². The van der Waals surface area contributed by atoms with Crippen molar-refractivity contribution in [1.29, 1.82) is 0 Å². The van der Waals surface area contributed by atoms with Crippen LogP contribution in [-0.4, -0.2) is 11.4 Å². The summed E-state index contributed by atoms with van der Waals surface area (Å²) in [7, 11) is 0. The third-order valence-electron chi connectivity index (χ3n) is 2.96. The van der Waals surface area contributed by atoms with Crippen molar-refractivity contribution < 1.29 is 4.79 Å². The van der Waals surface area contributed by atoms with Crippen LogP contribution in [0.2, 0.25) is 0 Å². The summed E-state index contributed by atoms with van der Waals surface area (Å²) in [6, 6.07) is 0. The van der Waals surface area contributed by atoms with Crippen LogP contribution in [0, 0.1) is 5.92 Å². The molecule has 1 rings (SSSR count). The second kappa shape index (κ2) is 4.12. The van der Waals surface area contributed by atoms with Gasteiger partial charge in [-0.2, -0.15) is 0 Å². The number of amides is 1. The summed E-state index contributed by atoms with van der Waals surface area (Å²) >= 11 is 0. The van der Waals surface area contributed by atoms with Crippen LogP contribution in [0.15, 0.2) is 0 Å². The molecule has 2 atom stereocenters. The molecule has 0 saturated carbocycles. The molecular formula is C11H21NO. The summed E-state index contributed by atoms with van der Waals surface area (Å²) in [4.78, 5) is 11.3. The molecule has 1 aliphatic rings. The van der Waals surface area contributed by atoms with E-state index in [1.165, 1.54) is 19.3 Å². The quantitative estimate of drug-likeness (QED) is 0.666. The Morgan fingerprint density at radius 2 is 2.23 bits per heavy atom. The van der Waals surface area contributed by atoms with Gasteiger partial charge in [-0.15, -0.1) is 0 Å². The van der Waals surface area contributed by atoms with Crippen LogP contribution in [0.1, 0.15) is 52.9 Å². The van der Waals surface area contributed by atoms with Crippen LogP contribution < -0.4 is 5.32 Å². The second-order valence-electron chi connectivity index (χ2n) is 4.61. The molecule has 0 spiro atoms. The minimum absolute atomic E-state index is 0.0890. The Morgan fingerprint density at radius 1 is 1.54 bits per heavy atom. The molecule has 1 saturated heterocycles. The highest BCUT2D eigenvalue weighted by atomic mass is 16.2. The zero-order valence-corrected chi connectivity index (χ0v) is 9.02. The lowest BCUT2D eigenvalue weighted by Gasteiger charge is -2.23. The van der Waals surface area contributed by atoms with E-state index < -0.39 is 0 Å². The van der Waals surface area contributed by atoms with Gasteiger partial charge in [-0.3, -0.25) is 4.79 Å². The fourth-order valence-electron chi connectivity index (χ4n) is 2.17.